The maximum atomic E-state index is 13.2. The number of hydrogen-bond donors (Lipinski definition) is 1. The second-order valence-electron chi connectivity index (χ2n) is 4.02. The Labute approximate surface area is 101 Å². The highest BCUT2D eigenvalue weighted by Crippen LogP contribution is 2.17. The van der Waals surface area contributed by atoms with Gasteiger partial charge in [0.25, 0.3) is 0 Å². The van der Waals surface area contributed by atoms with Crippen molar-refractivity contribution in [2.75, 3.05) is 13.2 Å². The quantitative estimate of drug-likeness (QED) is 0.743. The van der Waals surface area contributed by atoms with E-state index < -0.39 is 11.6 Å². The lowest BCUT2D eigenvalue weighted by Gasteiger charge is -2.12. The Morgan fingerprint density at radius 3 is 2.76 bits per heavy atom. The first-order chi connectivity index (χ1) is 8.13. The van der Waals surface area contributed by atoms with Crippen molar-refractivity contribution in [1.82, 2.24) is 5.32 Å². The molecule has 4 heteroatoms. The monoisotopic (exact) mass is 243 g/mol. The normalized spacial score (nSPS) is 12.5. The molecular weight excluding hydrogens is 224 g/mol. The van der Waals surface area contributed by atoms with E-state index in [-0.39, 0.29) is 5.75 Å². The van der Waals surface area contributed by atoms with Gasteiger partial charge in [0.1, 0.15) is 5.82 Å². The summed E-state index contributed by atoms with van der Waals surface area (Å²) in [6.07, 6.45) is 1.81. The lowest BCUT2D eigenvalue weighted by Crippen LogP contribution is -2.25. The largest absolute Gasteiger partial charge is 0.491 e. The predicted octanol–water partition coefficient (Wildman–Crippen LogP) is 3.12. The van der Waals surface area contributed by atoms with E-state index in [4.69, 9.17) is 4.74 Å². The van der Waals surface area contributed by atoms with E-state index in [9.17, 15) is 8.78 Å². The number of rotatable bonds is 7. The summed E-state index contributed by atoms with van der Waals surface area (Å²) in [5.41, 5.74) is 0. The molecule has 1 atom stereocenters. The van der Waals surface area contributed by atoms with Crippen LogP contribution in [0.2, 0.25) is 0 Å². The first-order valence-electron chi connectivity index (χ1n) is 5.94. The SMILES string of the molecule is CCNC(C)CCCOc1ccc(F)cc1F. The molecule has 96 valence electrons. The summed E-state index contributed by atoms with van der Waals surface area (Å²) in [7, 11) is 0. The molecule has 0 aliphatic heterocycles. The van der Waals surface area contributed by atoms with Gasteiger partial charge in [-0.15, -0.1) is 0 Å². The zero-order valence-corrected chi connectivity index (χ0v) is 10.3. The van der Waals surface area contributed by atoms with Crippen molar-refractivity contribution in [2.24, 2.45) is 0 Å². The Morgan fingerprint density at radius 1 is 1.35 bits per heavy atom. The molecule has 0 aliphatic rings. The van der Waals surface area contributed by atoms with Crippen LogP contribution in [-0.2, 0) is 0 Å². The molecule has 1 rings (SSSR count). The van der Waals surface area contributed by atoms with E-state index in [2.05, 4.69) is 19.2 Å². The summed E-state index contributed by atoms with van der Waals surface area (Å²) >= 11 is 0. The topological polar surface area (TPSA) is 21.3 Å². The lowest BCUT2D eigenvalue weighted by molar-refractivity contribution is 0.284. The summed E-state index contributed by atoms with van der Waals surface area (Å²) in [5.74, 6) is -1.12. The van der Waals surface area contributed by atoms with Crippen LogP contribution in [0.3, 0.4) is 0 Å². The van der Waals surface area contributed by atoms with Crippen molar-refractivity contribution in [2.45, 2.75) is 32.7 Å². The summed E-state index contributed by atoms with van der Waals surface area (Å²) in [6.45, 7) is 5.54. The highest BCUT2D eigenvalue weighted by Gasteiger charge is 2.05. The van der Waals surface area contributed by atoms with Crippen molar-refractivity contribution >= 4 is 0 Å². The predicted molar refractivity (Wildman–Crippen MR) is 64.2 cm³/mol. The van der Waals surface area contributed by atoms with Gasteiger partial charge in [-0.25, -0.2) is 8.78 Å². The van der Waals surface area contributed by atoms with E-state index in [0.717, 1.165) is 25.5 Å². The number of hydrogen-bond acceptors (Lipinski definition) is 2. The highest BCUT2D eigenvalue weighted by molar-refractivity contribution is 5.24. The molecule has 0 heterocycles. The number of halogens is 2. The van der Waals surface area contributed by atoms with Gasteiger partial charge in [-0.3, -0.25) is 0 Å². The third-order valence-electron chi connectivity index (χ3n) is 2.49. The van der Waals surface area contributed by atoms with Gasteiger partial charge in [-0.05, 0) is 38.4 Å². The first-order valence-corrected chi connectivity index (χ1v) is 5.94. The molecule has 0 radical (unpaired) electrons. The molecule has 1 aromatic rings. The zero-order valence-electron chi connectivity index (χ0n) is 10.3. The molecule has 17 heavy (non-hydrogen) atoms. The molecule has 1 unspecified atom stereocenters. The molecular formula is C13H19F2NO. The third kappa shape index (κ3) is 5.13. The van der Waals surface area contributed by atoms with Gasteiger partial charge in [0.05, 0.1) is 6.61 Å². The lowest BCUT2D eigenvalue weighted by atomic mass is 10.2. The smallest absolute Gasteiger partial charge is 0.167 e. The van der Waals surface area contributed by atoms with E-state index in [1.807, 2.05) is 0 Å². The van der Waals surface area contributed by atoms with Crippen molar-refractivity contribution in [1.29, 1.82) is 0 Å². The molecule has 0 aromatic heterocycles. The maximum Gasteiger partial charge on any atom is 0.167 e. The van der Waals surface area contributed by atoms with Gasteiger partial charge >= 0.3 is 0 Å². The Hall–Kier alpha value is -1.16. The fourth-order valence-corrected chi connectivity index (χ4v) is 1.61. The fraction of sp³-hybridized carbons (Fsp3) is 0.538. The van der Waals surface area contributed by atoms with Crippen LogP contribution in [0, 0.1) is 11.6 Å². The zero-order chi connectivity index (χ0) is 12.7. The average Bonchev–Trinajstić information content (AvgIpc) is 2.27. The van der Waals surface area contributed by atoms with Gasteiger partial charge in [-0.2, -0.15) is 0 Å². The van der Waals surface area contributed by atoms with Crippen LogP contribution in [0.25, 0.3) is 0 Å². The van der Waals surface area contributed by atoms with Crippen molar-refractivity contribution < 1.29 is 13.5 Å². The van der Waals surface area contributed by atoms with Gasteiger partial charge in [-0.1, -0.05) is 6.92 Å². The highest BCUT2D eigenvalue weighted by atomic mass is 19.1. The Bertz CT molecular complexity index is 344. The van der Waals surface area contributed by atoms with E-state index in [1.165, 1.54) is 12.1 Å². The van der Waals surface area contributed by atoms with E-state index >= 15 is 0 Å². The molecule has 0 saturated carbocycles. The van der Waals surface area contributed by atoms with Crippen LogP contribution < -0.4 is 10.1 Å². The maximum absolute atomic E-state index is 13.2. The van der Waals surface area contributed by atoms with Gasteiger partial charge in [0.2, 0.25) is 0 Å². The molecule has 0 saturated heterocycles. The summed E-state index contributed by atoms with van der Waals surface area (Å²) in [4.78, 5) is 0. The van der Waals surface area contributed by atoms with E-state index in [1.54, 1.807) is 0 Å². The molecule has 0 bridgehead atoms. The summed E-state index contributed by atoms with van der Waals surface area (Å²) in [6, 6.07) is 3.77. The Morgan fingerprint density at radius 2 is 2.12 bits per heavy atom. The number of nitrogens with one attached hydrogen (secondary N) is 1. The molecule has 1 N–H and O–H groups in total. The van der Waals surface area contributed by atoms with Crippen molar-refractivity contribution in [3.8, 4) is 5.75 Å². The molecule has 1 aromatic carbocycles. The Kier molecular flexibility index (Phi) is 5.91. The van der Waals surface area contributed by atoms with Crippen LogP contribution in [0.1, 0.15) is 26.7 Å². The van der Waals surface area contributed by atoms with Gasteiger partial charge < -0.3 is 10.1 Å². The molecule has 0 fully saturated rings. The van der Waals surface area contributed by atoms with Crippen LogP contribution in [-0.4, -0.2) is 19.2 Å². The third-order valence-corrected chi connectivity index (χ3v) is 2.49. The second kappa shape index (κ2) is 7.22. The van der Waals surface area contributed by atoms with Crippen molar-refractivity contribution in [3.05, 3.63) is 29.8 Å². The molecule has 0 aliphatic carbocycles. The molecule has 0 amide bonds. The number of benzene rings is 1. The average molecular weight is 243 g/mol. The number of ether oxygens (including phenoxy) is 1. The van der Waals surface area contributed by atoms with Crippen LogP contribution in [0.5, 0.6) is 5.75 Å². The van der Waals surface area contributed by atoms with Crippen molar-refractivity contribution in [3.63, 3.8) is 0 Å². The first kappa shape index (κ1) is 13.9. The van der Waals surface area contributed by atoms with Crippen LogP contribution in [0.15, 0.2) is 18.2 Å². The van der Waals surface area contributed by atoms with E-state index in [0.29, 0.717) is 12.6 Å². The van der Waals surface area contributed by atoms with Crippen LogP contribution >= 0.6 is 0 Å². The molecule has 2 nitrogen and oxygen atoms in total. The minimum Gasteiger partial charge on any atom is -0.491 e. The minimum absolute atomic E-state index is 0.113. The van der Waals surface area contributed by atoms with Gasteiger partial charge in [0.15, 0.2) is 11.6 Å². The molecule has 0 spiro atoms. The standard InChI is InChI=1S/C13H19F2NO/c1-3-16-10(2)5-4-8-17-13-7-6-11(14)9-12(13)15/h6-7,9-10,16H,3-5,8H2,1-2H3. The second-order valence-corrected chi connectivity index (χ2v) is 4.02. The van der Waals surface area contributed by atoms with Gasteiger partial charge in [0, 0.05) is 12.1 Å². The summed E-state index contributed by atoms with van der Waals surface area (Å²) in [5, 5.41) is 3.28. The fourth-order valence-electron chi connectivity index (χ4n) is 1.61. The minimum atomic E-state index is -0.648. The Balaban J connectivity index is 2.26. The van der Waals surface area contributed by atoms with Crippen LogP contribution in [0.4, 0.5) is 8.78 Å². The summed E-state index contributed by atoms with van der Waals surface area (Å²) < 4.78 is 31.1.